The fourth-order valence-corrected chi connectivity index (χ4v) is 1.29. The lowest BCUT2D eigenvalue weighted by molar-refractivity contribution is 0.802. The van der Waals surface area contributed by atoms with Gasteiger partial charge >= 0.3 is 0 Å². The second kappa shape index (κ2) is 6.14. The Labute approximate surface area is 95.6 Å². The molecule has 0 unspecified atom stereocenters. The quantitative estimate of drug-likeness (QED) is 0.738. The third-order valence-electron chi connectivity index (χ3n) is 1.81. The van der Waals surface area contributed by atoms with E-state index in [4.69, 9.17) is 12.2 Å². The minimum Gasteiger partial charge on any atom is -0.388 e. The van der Waals surface area contributed by atoms with Gasteiger partial charge in [0, 0.05) is 30.2 Å². The molecule has 1 aromatic heterocycles. The maximum atomic E-state index is 5.20. The first kappa shape index (κ1) is 11.7. The minimum atomic E-state index is 0.640. The van der Waals surface area contributed by atoms with Gasteiger partial charge in [0.15, 0.2) is 0 Å². The van der Waals surface area contributed by atoms with Crippen molar-refractivity contribution >= 4 is 17.2 Å². The van der Waals surface area contributed by atoms with Crippen LogP contribution >= 0.6 is 12.2 Å². The van der Waals surface area contributed by atoms with E-state index in [2.05, 4.69) is 22.2 Å². The number of thiocarbonyl (C=S) groups is 1. The Balaban J connectivity index is 2.40. The lowest BCUT2D eigenvalue weighted by Gasteiger charge is -2.10. The van der Waals surface area contributed by atoms with Crippen molar-refractivity contribution in [3.05, 3.63) is 42.4 Å². The van der Waals surface area contributed by atoms with Gasteiger partial charge in [-0.15, -0.1) is 0 Å². The maximum absolute atomic E-state index is 5.20. The Kier molecular flexibility index (Phi) is 4.77. The normalized spacial score (nSPS) is 9.40. The summed E-state index contributed by atoms with van der Waals surface area (Å²) in [5, 5.41) is 6.23. The molecule has 0 saturated heterocycles. The number of nitrogens with one attached hydrogen (secondary N) is 2. The van der Waals surface area contributed by atoms with Crippen LogP contribution < -0.4 is 10.6 Å². The Morgan fingerprint density at radius 2 is 2.33 bits per heavy atom. The first-order chi connectivity index (χ1) is 7.24. The van der Waals surface area contributed by atoms with Crippen LogP contribution in [0.2, 0.25) is 0 Å². The maximum Gasteiger partial charge on any atom is 0.108 e. The van der Waals surface area contributed by atoms with Crippen molar-refractivity contribution in [3.63, 3.8) is 0 Å². The highest BCUT2D eigenvalue weighted by molar-refractivity contribution is 7.80. The summed E-state index contributed by atoms with van der Waals surface area (Å²) < 4.78 is 0. The number of pyridine rings is 1. The molecule has 0 aromatic carbocycles. The number of nitrogens with zero attached hydrogens (tertiary/aromatic N) is 1. The van der Waals surface area contributed by atoms with Gasteiger partial charge in [-0.2, -0.15) is 0 Å². The van der Waals surface area contributed by atoms with E-state index in [1.165, 1.54) is 0 Å². The standard InChI is InChI=1S/C11H15N3S/c1-3-13-9(2)7-14-11(15)10-5-4-6-12-8-10/h4-6,8,13H,2-3,7H2,1H3,(H,14,15). The van der Waals surface area contributed by atoms with E-state index in [0.717, 1.165) is 17.8 Å². The molecule has 0 amide bonds. The largest absolute Gasteiger partial charge is 0.388 e. The Bertz CT molecular complexity index is 335. The molecule has 1 heterocycles. The summed E-state index contributed by atoms with van der Waals surface area (Å²) in [6.07, 6.45) is 3.47. The molecule has 0 saturated carbocycles. The van der Waals surface area contributed by atoms with Crippen LogP contribution in [-0.4, -0.2) is 23.1 Å². The number of rotatable bonds is 5. The average Bonchev–Trinajstić information content (AvgIpc) is 2.27. The second-order valence-electron chi connectivity index (χ2n) is 3.06. The van der Waals surface area contributed by atoms with Gasteiger partial charge in [-0.3, -0.25) is 4.98 Å². The highest BCUT2D eigenvalue weighted by atomic mass is 32.1. The van der Waals surface area contributed by atoms with Gasteiger partial charge < -0.3 is 10.6 Å². The predicted molar refractivity (Wildman–Crippen MR) is 66.8 cm³/mol. The monoisotopic (exact) mass is 221 g/mol. The molecule has 0 fully saturated rings. The minimum absolute atomic E-state index is 0.640. The molecule has 3 nitrogen and oxygen atoms in total. The van der Waals surface area contributed by atoms with Gasteiger partial charge in [0.25, 0.3) is 0 Å². The van der Waals surface area contributed by atoms with Crippen molar-refractivity contribution in [2.24, 2.45) is 0 Å². The van der Waals surface area contributed by atoms with Crippen LogP contribution in [0.3, 0.4) is 0 Å². The first-order valence-corrected chi connectivity index (χ1v) is 5.24. The topological polar surface area (TPSA) is 37.0 Å². The van der Waals surface area contributed by atoms with Gasteiger partial charge in [0.1, 0.15) is 4.99 Å². The second-order valence-corrected chi connectivity index (χ2v) is 3.47. The molecule has 0 radical (unpaired) electrons. The first-order valence-electron chi connectivity index (χ1n) is 4.84. The van der Waals surface area contributed by atoms with Gasteiger partial charge in [0.2, 0.25) is 0 Å². The molecule has 15 heavy (non-hydrogen) atoms. The van der Waals surface area contributed by atoms with Crippen LogP contribution in [0.5, 0.6) is 0 Å². The van der Waals surface area contributed by atoms with Crippen LogP contribution in [0, 0.1) is 0 Å². The van der Waals surface area contributed by atoms with E-state index < -0.39 is 0 Å². The number of likely N-dealkylation sites (N-methyl/N-ethyl adjacent to an activating group) is 1. The zero-order valence-electron chi connectivity index (χ0n) is 8.79. The molecule has 80 valence electrons. The molecule has 0 aliphatic heterocycles. The van der Waals surface area contributed by atoms with Crippen molar-refractivity contribution in [2.75, 3.05) is 13.1 Å². The van der Waals surface area contributed by atoms with Gasteiger partial charge in [-0.25, -0.2) is 0 Å². The van der Waals surface area contributed by atoms with E-state index in [9.17, 15) is 0 Å². The van der Waals surface area contributed by atoms with Gasteiger partial charge in [0.05, 0.1) is 6.54 Å². The van der Waals surface area contributed by atoms with Crippen molar-refractivity contribution in [1.82, 2.24) is 15.6 Å². The molecule has 4 heteroatoms. The summed E-state index contributed by atoms with van der Waals surface area (Å²) in [5.74, 6) is 0. The zero-order valence-corrected chi connectivity index (χ0v) is 9.60. The van der Waals surface area contributed by atoms with E-state index in [-0.39, 0.29) is 0 Å². The smallest absolute Gasteiger partial charge is 0.108 e. The van der Waals surface area contributed by atoms with Crippen LogP contribution in [0.15, 0.2) is 36.8 Å². The summed E-state index contributed by atoms with van der Waals surface area (Å²) in [5.41, 5.74) is 1.86. The Morgan fingerprint density at radius 3 is 2.93 bits per heavy atom. The van der Waals surface area contributed by atoms with Crippen molar-refractivity contribution in [3.8, 4) is 0 Å². The van der Waals surface area contributed by atoms with E-state index in [1.54, 1.807) is 12.4 Å². The average molecular weight is 221 g/mol. The molecule has 0 aliphatic carbocycles. The molecular formula is C11H15N3S. The van der Waals surface area contributed by atoms with Gasteiger partial charge in [-0.05, 0) is 19.1 Å². The Morgan fingerprint density at radius 1 is 1.53 bits per heavy atom. The Hall–Kier alpha value is -1.42. The van der Waals surface area contributed by atoms with E-state index in [0.29, 0.717) is 11.5 Å². The van der Waals surface area contributed by atoms with E-state index >= 15 is 0 Å². The lowest BCUT2D eigenvalue weighted by Crippen LogP contribution is -2.29. The van der Waals surface area contributed by atoms with Crippen LogP contribution in [0.1, 0.15) is 12.5 Å². The molecule has 0 atom stereocenters. The molecular weight excluding hydrogens is 206 g/mol. The summed E-state index contributed by atoms with van der Waals surface area (Å²) in [7, 11) is 0. The van der Waals surface area contributed by atoms with Crippen LogP contribution in [0.25, 0.3) is 0 Å². The number of hydrogen-bond donors (Lipinski definition) is 2. The molecule has 0 bridgehead atoms. The third-order valence-corrected chi connectivity index (χ3v) is 2.19. The fraction of sp³-hybridized carbons (Fsp3) is 0.273. The van der Waals surface area contributed by atoms with E-state index in [1.807, 2.05) is 19.1 Å². The molecule has 1 aromatic rings. The molecule has 0 spiro atoms. The predicted octanol–water partition coefficient (Wildman–Crippen LogP) is 1.47. The summed E-state index contributed by atoms with van der Waals surface area (Å²) in [6, 6.07) is 3.79. The number of hydrogen-bond acceptors (Lipinski definition) is 3. The highest BCUT2D eigenvalue weighted by Gasteiger charge is 1.99. The number of aromatic nitrogens is 1. The molecule has 0 aliphatic rings. The van der Waals surface area contributed by atoms with Gasteiger partial charge in [-0.1, -0.05) is 18.8 Å². The zero-order chi connectivity index (χ0) is 11.1. The van der Waals surface area contributed by atoms with Crippen molar-refractivity contribution < 1.29 is 0 Å². The van der Waals surface area contributed by atoms with Crippen LogP contribution in [-0.2, 0) is 0 Å². The lowest BCUT2D eigenvalue weighted by atomic mass is 10.3. The molecule has 2 N–H and O–H groups in total. The van der Waals surface area contributed by atoms with Crippen molar-refractivity contribution in [2.45, 2.75) is 6.92 Å². The fourth-order valence-electron chi connectivity index (χ4n) is 1.10. The SMILES string of the molecule is C=C(CNC(=S)c1cccnc1)NCC. The summed E-state index contributed by atoms with van der Waals surface area (Å²) >= 11 is 5.20. The third kappa shape index (κ3) is 4.08. The van der Waals surface area contributed by atoms with Crippen LogP contribution in [0.4, 0.5) is 0 Å². The van der Waals surface area contributed by atoms with Crippen molar-refractivity contribution in [1.29, 1.82) is 0 Å². The summed E-state index contributed by atoms with van der Waals surface area (Å²) in [6.45, 7) is 7.41. The summed E-state index contributed by atoms with van der Waals surface area (Å²) in [4.78, 5) is 4.70. The molecule has 1 rings (SSSR count). The highest BCUT2D eigenvalue weighted by Crippen LogP contribution is 1.96.